The van der Waals surface area contributed by atoms with Gasteiger partial charge in [-0.15, -0.1) is 0 Å². The first-order chi connectivity index (χ1) is 18.7. The van der Waals surface area contributed by atoms with Crippen molar-refractivity contribution in [3.05, 3.63) is 107 Å². The molecule has 0 N–H and O–H groups in total. The SMILES string of the molecule is CCOC(=O)C1=C(C)N=c2s/c(=C\c3ccc(-c4ccc(Br)cc4)o3)c(=O)n2[C@H]1c1ccc(OC(C)C)cc1. The summed E-state index contributed by atoms with van der Waals surface area (Å²) < 4.78 is 20.2. The van der Waals surface area contributed by atoms with Gasteiger partial charge in [0.05, 0.1) is 34.6 Å². The number of rotatable bonds is 7. The molecule has 1 aliphatic rings. The molecule has 7 nitrogen and oxygen atoms in total. The molecule has 2 aromatic heterocycles. The van der Waals surface area contributed by atoms with E-state index in [9.17, 15) is 9.59 Å². The zero-order chi connectivity index (χ0) is 27.7. The van der Waals surface area contributed by atoms with Crippen molar-refractivity contribution in [1.29, 1.82) is 0 Å². The van der Waals surface area contributed by atoms with Gasteiger partial charge < -0.3 is 13.9 Å². The minimum atomic E-state index is -0.689. The zero-order valence-corrected chi connectivity index (χ0v) is 24.3. The van der Waals surface area contributed by atoms with E-state index in [1.807, 2.05) is 74.5 Å². The monoisotopic (exact) mass is 606 g/mol. The van der Waals surface area contributed by atoms with Gasteiger partial charge in [-0.25, -0.2) is 9.79 Å². The number of benzene rings is 2. The van der Waals surface area contributed by atoms with Crippen molar-refractivity contribution in [1.82, 2.24) is 4.57 Å². The van der Waals surface area contributed by atoms with Crippen molar-refractivity contribution in [3.63, 3.8) is 0 Å². The summed E-state index contributed by atoms with van der Waals surface area (Å²) in [5.74, 6) is 1.46. The number of allylic oxidation sites excluding steroid dienone is 1. The average molecular weight is 608 g/mol. The van der Waals surface area contributed by atoms with E-state index < -0.39 is 12.0 Å². The molecule has 0 spiro atoms. The van der Waals surface area contributed by atoms with E-state index in [0.717, 1.165) is 15.6 Å². The first kappa shape index (κ1) is 26.9. The molecule has 200 valence electrons. The summed E-state index contributed by atoms with van der Waals surface area (Å²) >= 11 is 4.70. The van der Waals surface area contributed by atoms with Crippen LogP contribution >= 0.6 is 27.3 Å². The highest BCUT2D eigenvalue weighted by Gasteiger charge is 2.33. The maximum absolute atomic E-state index is 13.8. The summed E-state index contributed by atoms with van der Waals surface area (Å²) in [4.78, 5) is 32.0. The van der Waals surface area contributed by atoms with Crippen molar-refractivity contribution in [2.75, 3.05) is 6.61 Å². The van der Waals surface area contributed by atoms with Crippen LogP contribution in [0.3, 0.4) is 0 Å². The van der Waals surface area contributed by atoms with Crippen LogP contribution in [0, 0.1) is 0 Å². The van der Waals surface area contributed by atoms with Gasteiger partial charge >= 0.3 is 5.97 Å². The molecule has 0 fully saturated rings. The lowest BCUT2D eigenvalue weighted by atomic mass is 9.96. The van der Waals surface area contributed by atoms with Gasteiger partial charge in [0.1, 0.15) is 17.3 Å². The molecule has 0 unspecified atom stereocenters. The van der Waals surface area contributed by atoms with Crippen molar-refractivity contribution in [2.24, 2.45) is 4.99 Å². The maximum atomic E-state index is 13.8. The Balaban J connectivity index is 1.60. The molecular formula is C30H27BrN2O5S. The van der Waals surface area contributed by atoms with Gasteiger partial charge in [-0.1, -0.05) is 51.5 Å². The summed E-state index contributed by atoms with van der Waals surface area (Å²) in [6.07, 6.45) is 1.74. The topological polar surface area (TPSA) is 83.0 Å². The largest absolute Gasteiger partial charge is 0.491 e. The molecule has 3 heterocycles. The number of carbonyl (C=O) groups excluding carboxylic acids is 1. The fourth-order valence-electron chi connectivity index (χ4n) is 4.44. The lowest BCUT2D eigenvalue weighted by Crippen LogP contribution is -2.39. The van der Waals surface area contributed by atoms with Crippen LogP contribution in [-0.4, -0.2) is 23.2 Å². The highest BCUT2D eigenvalue weighted by atomic mass is 79.9. The molecule has 0 aliphatic carbocycles. The second-order valence-electron chi connectivity index (χ2n) is 9.25. The van der Waals surface area contributed by atoms with Crippen LogP contribution in [0.25, 0.3) is 17.4 Å². The number of thiazole rings is 1. The first-order valence-corrected chi connectivity index (χ1v) is 14.2. The number of hydrogen-bond donors (Lipinski definition) is 0. The molecule has 5 rings (SSSR count). The van der Waals surface area contributed by atoms with Crippen LogP contribution in [0.4, 0.5) is 0 Å². The van der Waals surface area contributed by atoms with E-state index in [-0.39, 0.29) is 18.3 Å². The minimum Gasteiger partial charge on any atom is -0.491 e. The molecule has 0 saturated carbocycles. The van der Waals surface area contributed by atoms with Crippen molar-refractivity contribution >= 4 is 39.3 Å². The number of halogens is 1. The Hall–Kier alpha value is -3.69. The van der Waals surface area contributed by atoms with E-state index in [1.54, 1.807) is 24.5 Å². The van der Waals surface area contributed by atoms with Gasteiger partial charge in [0, 0.05) is 16.1 Å². The third-order valence-electron chi connectivity index (χ3n) is 6.11. The molecule has 9 heteroatoms. The molecule has 0 bridgehead atoms. The lowest BCUT2D eigenvalue weighted by Gasteiger charge is -2.25. The summed E-state index contributed by atoms with van der Waals surface area (Å²) in [7, 11) is 0. The zero-order valence-electron chi connectivity index (χ0n) is 21.9. The molecule has 0 saturated heterocycles. The number of furan rings is 1. The van der Waals surface area contributed by atoms with Gasteiger partial charge in [0.15, 0.2) is 4.80 Å². The molecule has 39 heavy (non-hydrogen) atoms. The number of carbonyl (C=O) groups is 1. The lowest BCUT2D eigenvalue weighted by molar-refractivity contribution is -0.139. The van der Waals surface area contributed by atoms with Crippen LogP contribution in [0.5, 0.6) is 5.75 Å². The van der Waals surface area contributed by atoms with E-state index in [1.165, 1.54) is 11.3 Å². The van der Waals surface area contributed by atoms with Crippen LogP contribution in [-0.2, 0) is 9.53 Å². The molecule has 0 radical (unpaired) electrons. The summed E-state index contributed by atoms with van der Waals surface area (Å²) in [5.41, 5.74) is 2.28. The van der Waals surface area contributed by atoms with Crippen LogP contribution in [0.15, 0.2) is 90.6 Å². The van der Waals surface area contributed by atoms with Gasteiger partial charge in [0.25, 0.3) is 5.56 Å². The second kappa shape index (κ2) is 11.2. The Morgan fingerprint density at radius 2 is 1.85 bits per heavy atom. The number of esters is 1. The van der Waals surface area contributed by atoms with Crippen LogP contribution < -0.4 is 19.6 Å². The third-order valence-corrected chi connectivity index (χ3v) is 7.63. The van der Waals surface area contributed by atoms with Crippen molar-refractivity contribution in [3.8, 4) is 17.1 Å². The highest BCUT2D eigenvalue weighted by Crippen LogP contribution is 2.32. The molecule has 0 amide bonds. The second-order valence-corrected chi connectivity index (χ2v) is 11.2. The fraction of sp³-hybridized carbons (Fsp3) is 0.233. The number of ether oxygens (including phenoxy) is 2. The summed E-state index contributed by atoms with van der Waals surface area (Å²) in [6.45, 7) is 7.65. The van der Waals surface area contributed by atoms with E-state index >= 15 is 0 Å². The Morgan fingerprint density at radius 3 is 2.51 bits per heavy atom. The van der Waals surface area contributed by atoms with E-state index in [0.29, 0.717) is 37.9 Å². The smallest absolute Gasteiger partial charge is 0.338 e. The van der Waals surface area contributed by atoms with E-state index in [4.69, 9.17) is 13.9 Å². The normalized spacial score (nSPS) is 15.3. The first-order valence-electron chi connectivity index (χ1n) is 12.6. The molecule has 2 aromatic carbocycles. The Labute approximate surface area is 237 Å². The fourth-order valence-corrected chi connectivity index (χ4v) is 5.73. The molecular weight excluding hydrogens is 580 g/mol. The number of hydrogen-bond acceptors (Lipinski definition) is 7. The molecule has 1 aliphatic heterocycles. The van der Waals surface area contributed by atoms with Gasteiger partial charge in [-0.2, -0.15) is 0 Å². The summed E-state index contributed by atoms with van der Waals surface area (Å²) in [6, 6.07) is 18.2. The highest BCUT2D eigenvalue weighted by molar-refractivity contribution is 9.10. The summed E-state index contributed by atoms with van der Waals surface area (Å²) in [5, 5.41) is 0. The molecule has 4 aromatic rings. The van der Waals surface area contributed by atoms with Gasteiger partial charge in [0.2, 0.25) is 0 Å². The quantitative estimate of drug-likeness (QED) is 0.255. The van der Waals surface area contributed by atoms with Gasteiger partial charge in [-0.05, 0) is 69.7 Å². The predicted molar refractivity (Wildman–Crippen MR) is 154 cm³/mol. The standard InChI is InChI=1S/C30H27BrN2O5S/c1-5-36-29(35)26-18(4)32-30-33(27(26)20-8-12-22(13-9-20)37-17(2)3)28(34)25(39-30)16-23-14-15-24(38-23)19-6-10-21(31)11-7-19/h6-17,27H,5H2,1-4H3/b25-16-/t27-/m0/s1. The number of fused-ring (bicyclic) bond motifs is 1. The van der Waals surface area contributed by atoms with Gasteiger partial charge in [-0.3, -0.25) is 9.36 Å². The van der Waals surface area contributed by atoms with Crippen LogP contribution in [0.1, 0.15) is 45.1 Å². The Bertz CT molecular complexity index is 1730. The maximum Gasteiger partial charge on any atom is 0.338 e. The number of nitrogens with zero attached hydrogens (tertiary/aromatic N) is 2. The Morgan fingerprint density at radius 1 is 1.13 bits per heavy atom. The average Bonchev–Trinajstić information content (AvgIpc) is 3.48. The van der Waals surface area contributed by atoms with Crippen molar-refractivity contribution < 1.29 is 18.7 Å². The third kappa shape index (κ3) is 5.55. The van der Waals surface area contributed by atoms with Crippen molar-refractivity contribution in [2.45, 2.75) is 39.8 Å². The Kier molecular flexibility index (Phi) is 7.72. The van der Waals surface area contributed by atoms with E-state index in [2.05, 4.69) is 20.9 Å². The minimum absolute atomic E-state index is 0.0247. The molecule has 1 atom stereocenters. The predicted octanol–water partition coefficient (Wildman–Crippen LogP) is 5.61. The van der Waals surface area contributed by atoms with Crippen LogP contribution in [0.2, 0.25) is 0 Å². The number of aromatic nitrogens is 1.